The molecule has 17 heavy (non-hydrogen) atoms. The van der Waals surface area contributed by atoms with Gasteiger partial charge in [0.05, 0.1) is 18.7 Å². The summed E-state index contributed by atoms with van der Waals surface area (Å²) in [5.41, 5.74) is 0.775. The molecule has 4 nitrogen and oxygen atoms in total. The second kappa shape index (κ2) is 7.30. The quantitative estimate of drug-likeness (QED) is 0.336. The van der Waals surface area contributed by atoms with Crippen molar-refractivity contribution in [1.82, 2.24) is 0 Å². The topological polar surface area (TPSA) is 58.9 Å². The number of oxime groups is 1. The van der Waals surface area contributed by atoms with Gasteiger partial charge in [0.25, 0.3) is 0 Å². The number of carbonyl (C=O) groups is 1. The third-order valence-electron chi connectivity index (χ3n) is 3.63. The summed E-state index contributed by atoms with van der Waals surface area (Å²) in [5, 5.41) is 12.3. The number of esters is 1. The fraction of sp³-hybridized carbons (Fsp3) is 0.846. The molecule has 0 aliphatic heterocycles. The third kappa shape index (κ3) is 3.72. The highest BCUT2D eigenvalue weighted by Crippen LogP contribution is 2.34. The molecule has 1 N–H and O–H groups in total. The molecule has 0 heterocycles. The maximum Gasteiger partial charge on any atom is 0.309 e. The van der Waals surface area contributed by atoms with Crippen LogP contribution in [0.15, 0.2) is 5.16 Å². The Morgan fingerprint density at radius 1 is 1.47 bits per heavy atom. The first-order valence-corrected chi connectivity index (χ1v) is 6.53. The van der Waals surface area contributed by atoms with Crippen LogP contribution in [0.2, 0.25) is 0 Å². The lowest BCUT2D eigenvalue weighted by molar-refractivity contribution is -0.146. The summed E-state index contributed by atoms with van der Waals surface area (Å²) < 4.78 is 4.81. The largest absolute Gasteiger partial charge is 0.469 e. The molecule has 1 aliphatic rings. The monoisotopic (exact) mass is 241 g/mol. The predicted octanol–water partition coefficient (Wildman–Crippen LogP) is 2.99. The van der Waals surface area contributed by atoms with Gasteiger partial charge in [0.2, 0.25) is 0 Å². The second-order valence-electron chi connectivity index (χ2n) is 4.72. The van der Waals surface area contributed by atoms with Crippen LogP contribution >= 0.6 is 0 Å². The van der Waals surface area contributed by atoms with E-state index < -0.39 is 0 Å². The zero-order chi connectivity index (χ0) is 12.7. The highest BCUT2D eigenvalue weighted by molar-refractivity contribution is 5.93. The van der Waals surface area contributed by atoms with Crippen molar-refractivity contribution in [3.63, 3.8) is 0 Å². The first kappa shape index (κ1) is 14.0. The van der Waals surface area contributed by atoms with Crippen LogP contribution < -0.4 is 0 Å². The van der Waals surface area contributed by atoms with Gasteiger partial charge >= 0.3 is 5.97 Å². The van der Waals surface area contributed by atoms with E-state index in [0.29, 0.717) is 6.42 Å². The molecule has 1 aliphatic carbocycles. The molecule has 0 aromatic rings. The molecule has 0 aromatic heterocycles. The standard InChI is InChI=1S/C13H23NO3/c1-3-4-5-6-7-10-11(13(15)17-2)8-9-12(10)14-16/h10-11,16H,3-9H2,1-2H3/t10-,11-/m0/s1. The van der Waals surface area contributed by atoms with Crippen molar-refractivity contribution in [3.8, 4) is 0 Å². The number of nitrogens with zero attached hydrogens (tertiary/aromatic N) is 1. The van der Waals surface area contributed by atoms with Crippen molar-refractivity contribution < 1.29 is 14.7 Å². The van der Waals surface area contributed by atoms with Crippen LogP contribution in [0.3, 0.4) is 0 Å². The molecule has 1 saturated carbocycles. The summed E-state index contributed by atoms with van der Waals surface area (Å²) in [4.78, 5) is 11.6. The molecule has 0 radical (unpaired) electrons. The minimum absolute atomic E-state index is 0.0873. The third-order valence-corrected chi connectivity index (χ3v) is 3.63. The Balaban J connectivity index is 2.52. The van der Waals surface area contributed by atoms with Crippen LogP contribution in [0, 0.1) is 11.8 Å². The van der Waals surface area contributed by atoms with E-state index in [2.05, 4.69) is 12.1 Å². The Hall–Kier alpha value is -1.06. The van der Waals surface area contributed by atoms with E-state index in [1.54, 1.807) is 0 Å². The van der Waals surface area contributed by atoms with Gasteiger partial charge in [-0.05, 0) is 19.3 Å². The maximum absolute atomic E-state index is 11.6. The van der Waals surface area contributed by atoms with Crippen molar-refractivity contribution in [1.29, 1.82) is 0 Å². The molecule has 0 unspecified atom stereocenters. The Labute approximate surface area is 103 Å². The Morgan fingerprint density at radius 3 is 2.82 bits per heavy atom. The number of hydrogen-bond donors (Lipinski definition) is 1. The number of rotatable bonds is 6. The first-order chi connectivity index (χ1) is 8.24. The van der Waals surface area contributed by atoms with Gasteiger partial charge in [0, 0.05) is 5.92 Å². The van der Waals surface area contributed by atoms with Crippen molar-refractivity contribution >= 4 is 11.7 Å². The molecule has 1 fully saturated rings. The van der Waals surface area contributed by atoms with E-state index in [1.165, 1.54) is 26.4 Å². The fourth-order valence-corrected chi connectivity index (χ4v) is 2.64. The van der Waals surface area contributed by atoms with E-state index in [0.717, 1.165) is 25.0 Å². The highest BCUT2D eigenvalue weighted by atomic mass is 16.5. The Bertz CT molecular complexity index is 276. The van der Waals surface area contributed by atoms with Crippen LogP contribution in [0.1, 0.15) is 51.9 Å². The van der Waals surface area contributed by atoms with E-state index >= 15 is 0 Å². The molecule has 0 amide bonds. The smallest absolute Gasteiger partial charge is 0.309 e. The Morgan fingerprint density at radius 2 is 2.24 bits per heavy atom. The number of ether oxygens (including phenoxy) is 1. The molecule has 2 atom stereocenters. The van der Waals surface area contributed by atoms with Crippen molar-refractivity contribution in [2.24, 2.45) is 17.0 Å². The van der Waals surface area contributed by atoms with Gasteiger partial charge in [-0.3, -0.25) is 4.79 Å². The lowest BCUT2D eigenvalue weighted by Gasteiger charge is -2.17. The van der Waals surface area contributed by atoms with Gasteiger partial charge in [-0.25, -0.2) is 0 Å². The molecule has 0 spiro atoms. The van der Waals surface area contributed by atoms with Gasteiger partial charge in [0.15, 0.2) is 0 Å². The van der Waals surface area contributed by atoms with Gasteiger partial charge < -0.3 is 9.94 Å². The average molecular weight is 241 g/mol. The molecule has 0 bridgehead atoms. The van der Waals surface area contributed by atoms with Gasteiger partial charge in [-0.15, -0.1) is 0 Å². The van der Waals surface area contributed by atoms with E-state index in [9.17, 15) is 4.79 Å². The van der Waals surface area contributed by atoms with Crippen molar-refractivity contribution in [2.75, 3.05) is 7.11 Å². The fourth-order valence-electron chi connectivity index (χ4n) is 2.64. The molecular formula is C13H23NO3. The average Bonchev–Trinajstić information content (AvgIpc) is 2.76. The molecule has 0 aromatic carbocycles. The Kier molecular flexibility index (Phi) is 6.01. The zero-order valence-electron chi connectivity index (χ0n) is 10.8. The van der Waals surface area contributed by atoms with E-state index in [-0.39, 0.29) is 17.8 Å². The van der Waals surface area contributed by atoms with Crippen LogP contribution in [-0.4, -0.2) is 24.0 Å². The second-order valence-corrected chi connectivity index (χ2v) is 4.72. The zero-order valence-corrected chi connectivity index (χ0v) is 10.8. The van der Waals surface area contributed by atoms with Gasteiger partial charge in [0.1, 0.15) is 0 Å². The number of unbranched alkanes of at least 4 members (excludes halogenated alkanes) is 3. The molecule has 98 valence electrons. The summed E-state index contributed by atoms with van der Waals surface area (Å²) in [6, 6.07) is 0. The van der Waals surface area contributed by atoms with Crippen LogP contribution in [0.4, 0.5) is 0 Å². The summed E-state index contributed by atoms with van der Waals surface area (Å²) >= 11 is 0. The van der Waals surface area contributed by atoms with Crippen LogP contribution in [-0.2, 0) is 9.53 Å². The van der Waals surface area contributed by atoms with E-state index in [4.69, 9.17) is 9.94 Å². The first-order valence-electron chi connectivity index (χ1n) is 6.53. The van der Waals surface area contributed by atoms with Crippen molar-refractivity contribution in [2.45, 2.75) is 51.9 Å². The predicted molar refractivity (Wildman–Crippen MR) is 66.2 cm³/mol. The molecule has 1 rings (SSSR count). The molecular weight excluding hydrogens is 218 g/mol. The minimum Gasteiger partial charge on any atom is -0.469 e. The summed E-state index contributed by atoms with van der Waals surface area (Å²) in [7, 11) is 1.42. The molecule has 4 heteroatoms. The highest BCUT2D eigenvalue weighted by Gasteiger charge is 2.38. The van der Waals surface area contributed by atoms with Crippen molar-refractivity contribution in [3.05, 3.63) is 0 Å². The molecule has 0 saturated heterocycles. The normalized spacial score (nSPS) is 26.4. The minimum atomic E-state index is -0.163. The lowest BCUT2D eigenvalue weighted by atomic mass is 9.89. The lowest BCUT2D eigenvalue weighted by Crippen LogP contribution is -2.23. The number of hydrogen-bond acceptors (Lipinski definition) is 4. The number of carbonyl (C=O) groups excluding carboxylic acids is 1. The summed E-state index contributed by atoms with van der Waals surface area (Å²) in [6.45, 7) is 2.17. The van der Waals surface area contributed by atoms with Crippen LogP contribution in [0.25, 0.3) is 0 Å². The summed E-state index contributed by atoms with van der Waals surface area (Å²) in [5.74, 6) is -0.180. The van der Waals surface area contributed by atoms with Gasteiger partial charge in [-0.2, -0.15) is 0 Å². The summed E-state index contributed by atoms with van der Waals surface area (Å²) in [6.07, 6.45) is 7.09. The number of methoxy groups -OCH3 is 1. The SMILES string of the molecule is CCCCCC[C@@H]1C(=NO)CC[C@@H]1C(=O)OC. The van der Waals surface area contributed by atoms with Gasteiger partial charge in [-0.1, -0.05) is 37.8 Å². The maximum atomic E-state index is 11.6. The van der Waals surface area contributed by atoms with E-state index in [1.807, 2.05) is 0 Å². The van der Waals surface area contributed by atoms with Crippen LogP contribution in [0.5, 0.6) is 0 Å².